The van der Waals surface area contributed by atoms with Gasteiger partial charge in [-0.15, -0.1) is 14.2 Å². The Hall–Kier alpha value is -2.11. The minimum atomic E-state index is -4.94. The molecule has 2 aromatic carbocycles. The van der Waals surface area contributed by atoms with Crippen molar-refractivity contribution in [1.82, 2.24) is 4.98 Å². The molecule has 0 amide bonds. The van der Waals surface area contributed by atoms with Gasteiger partial charge in [0.25, 0.3) is 0 Å². The normalized spacial score (nSPS) is 14.3. The molecule has 0 radical (unpaired) electrons. The molecule has 0 N–H and O–H groups in total. The van der Waals surface area contributed by atoms with Crippen molar-refractivity contribution in [3.63, 3.8) is 0 Å². The lowest BCUT2D eigenvalue weighted by Crippen LogP contribution is -2.68. The standard InChI is InChI=1S/C19H20N3OS.ClHO4/c1-15-7-9-16(10-8-15)18-20-19(21-11-13-23-14-12-21)24-22(18)17-5-3-2-4-6-17;2-1(3,4)5/h2-10H,11-14H2,1H3;(H,2,3,4,5)/q+1;/p-1. The second-order valence-corrected chi connectivity index (χ2v) is 7.95. The highest BCUT2D eigenvalue weighted by atomic mass is 35.7. The first-order valence-corrected chi connectivity index (χ1v) is 10.8. The van der Waals surface area contributed by atoms with Crippen molar-refractivity contribution >= 4 is 16.7 Å². The third-order valence-electron chi connectivity index (χ3n) is 4.15. The Kier molecular flexibility index (Phi) is 7.14. The number of benzene rings is 2. The van der Waals surface area contributed by atoms with Crippen LogP contribution in [0, 0.1) is 17.2 Å². The third kappa shape index (κ3) is 6.44. The quantitative estimate of drug-likeness (QED) is 0.456. The molecule has 0 bridgehead atoms. The number of hydrogen-bond acceptors (Lipinski definition) is 8. The summed E-state index contributed by atoms with van der Waals surface area (Å²) in [4.78, 5) is 7.27. The van der Waals surface area contributed by atoms with Crippen LogP contribution in [0.4, 0.5) is 5.13 Å². The molecule has 1 fully saturated rings. The van der Waals surface area contributed by atoms with Gasteiger partial charge in [0, 0.05) is 13.1 Å². The van der Waals surface area contributed by atoms with Gasteiger partial charge < -0.3 is 9.64 Å². The van der Waals surface area contributed by atoms with Gasteiger partial charge in [0.15, 0.2) is 0 Å². The van der Waals surface area contributed by atoms with Gasteiger partial charge in [-0.05, 0) is 36.2 Å². The van der Waals surface area contributed by atoms with E-state index in [9.17, 15) is 0 Å². The second-order valence-electron chi connectivity index (χ2n) is 6.28. The predicted octanol–water partition coefficient (Wildman–Crippen LogP) is -1.52. The molecule has 10 heteroatoms. The van der Waals surface area contributed by atoms with Crippen LogP contribution in [0.25, 0.3) is 17.1 Å². The van der Waals surface area contributed by atoms with Crippen LogP contribution in [0.3, 0.4) is 0 Å². The van der Waals surface area contributed by atoms with Crippen molar-refractivity contribution in [1.29, 1.82) is 0 Å². The van der Waals surface area contributed by atoms with Gasteiger partial charge in [-0.3, -0.25) is 0 Å². The maximum atomic E-state index is 8.49. The molecule has 3 aromatic rings. The number of aryl methyl sites for hydroxylation is 1. The first kappa shape index (κ1) is 21.6. The van der Waals surface area contributed by atoms with E-state index in [0.29, 0.717) is 0 Å². The Bertz CT molecular complexity index is 904. The zero-order valence-corrected chi connectivity index (χ0v) is 17.3. The molecule has 1 aliphatic heterocycles. The van der Waals surface area contributed by atoms with Crippen LogP contribution in [0.15, 0.2) is 54.6 Å². The fourth-order valence-corrected chi connectivity index (χ4v) is 3.84. The number of hydrogen-bond donors (Lipinski definition) is 0. The average Bonchev–Trinajstić information content (AvgIpc) is 3.14. The van der Waals surface area contributed by atoms with E-state index in [1.807, 2.05) is 6.07 Å². The first-order valence-electron chi connectivity index (χ1n) is 8.81. The molecule has 29 heavy (non-hydrogen) atoms. The molecule has 0 saturated carbocycles. The van der Waals surface area contributed by atoms with Gasteiger partial charge in [0.05, 0.1) is 18.8 Å². The first-order chi connectivity index (χ1) is 13.8. The fraction of sp³-hybridized carbons (Fsp3) is 0.263. The highest BCUT2D eigenvalue weighted by molar-refractivity contribution is 7.06. The Morgan fingerprint density at radius 3 is 2.14 bits per heavy atom. The van der Waals surface area contributed by atoms with Crippen molar-refractivity contribution in [2.75, 3.05) is 31.2 Å². The van der Waals surface area contributed by atoms with Crippen molar-refractivity contribution < 1.29 is 37.6 Å². The second kappa shape index (κ2) is 9.59. The minimum Gasteiger partial charge on any atom is -0.378 e. The lowest BCUT2D eigenvalue weighted by Gasteiger charge is -2.23. The van der Waals surface area contributed by atoms with Gasteiger partial charge in [-0.2, -0.15) is 0 Å². The largest absolute Gasteiger partial charge is 0.378 e. The zero-order chi connectivity index (χ0) is 20.9. The van der Waals surface area contributed by atoms with Crippen LogP contribution in [-0.2, 0) is 4.74 Å². The van der Waals surface area contributed by atoms with Crippen LogP contribution in [0.2, 0.25) is 0 Å². The number of anilines is 1. The zero-order valence-electron chi connectivity index (χ0n) is 15.7. The number of aromatic nitrogens is 2. The number of rotatable bonds is 3. The van der Waals surface area contributed by atoms with Gasteiger partial charge in [-0.25, -0.2) is 18.6 Å². The van der Waals surface area contributed by atoms with Gasteiger partial charge in [0.2, 0.25) is 0 Å². The van der Waals surface area contributed by atoms with Crippen LogP contribution >= 0.6 is 11.5 Å². The molecule has 4 rings (SSSR count). The summed E-state index contributed by atoms with van der Waals surface area (Å²) in [7, 11) is -4.94. The van der Waals surface area contributed by atoms with Crippen LogP contribution in [0.1, 0.15) is 5.56 Å². The molecule has 0 unspecified atom stereocenters. The van der Waals surface area contributed by atoms with E-state index in [2.05, 4.69) is 64.3 Å². The van der Waals surface area contributed by atoms with Crippen molar-refractivity contribution in [3.05, 3.63) is 60.2 Å². The Balaban J connectivity index is 0.000000431. The van der Waals surface area contributed by atoms with E-state index in [4.69, 9.17) is 28.4 Å². The monoisotopic (exact) mass is 437 g/mol. The summed E-state index contributed by atoms with van der Waals surface area (Å²) in [6.45, 7) is 5.44. The smallest absolute Gasteiger partial charge is 0.350 e. The van der Waals surface area contributed by atoms with Crippen LogP contribution in [-0.4, -0.2) is 31.3 Å². The summed E-state index contributed by atoms with van der Waals surface area (Å²) >= 11 is 1.69. The highest BCUT2D eigenvalue weighted by Crippen LogP contribution is 2.25. The highest BCUT2D eigenvalue weighted by Gasteiger charge is 2.28. The fourth-order valence-electron chi connectivity index (χ4n) is 2.79. The summed E-state index contributed by atoms with van der Waals surface area (Å²) in [6.07, 6.45) is 0. The molecule has 1 aromatic heterocycles. The van der Waals surface area contributed by atoms with E-state index in [-0.39, 0.29) is 0 Å². The number of para-hydroxylation sites is 1. The molecule has 0 spiro atoms. The lowest BCUT2D eigenvalue weighted by atomic mass is 10.1. The minimum absolute atomic E-state index is 0.769. The van der Waals surface area contributed by atoms with Crippen molar-refractivity contribution in [3.8, 4) is 17.1 Å². The summed E-state index contributed by atoms with van der Waals surface area (Å²) < 4.78 is 41.7. The van der Waals surface area contributed by atoms with Gasteiger partial charge in [-0.1, -0.05) is 35.9 Å². The Labute approximate surface area is 174 Å². The van der Waals surface area contributed by atoms with E-state index >= 15 is 0 Å². The van der Waals surface area contributed by atoms with Gasteiger partial charge in [0.1, 0.15) is 17.2 Å². The van der Waals surface area contributed by atoms with E-state index in [0.717, 1.165) is 48.5 Å². The van der Waals surface area contributed by atoms with Crippen molar-refractivity contribution in [2.45, 2.75) is 6.92 Å². The summed E-state index contributed by atoms with van der Waals surface area (Å²) in [5.41, 5.74) is 3.54. The predicted molar refractivity (Wildman–Crippen MR) is 96.9 cm³/mol. The van der Waals surface area contributed by atoms with Crippen molar-refractivity contribution in [2.24, 2.45) is 0 Å². The van der Waals surface area contributed by atoms with Crippen LogP contribution < -0.4 is 27.5 Å². The molecular formula is C19H20ClN3O5S. The molecule has 0 atom stereocenters. The number of morpholine rings is 1. The number of nitrogens with zero attached hydrogens (tertiary/aromatic N) is 3. The molecule has 0 aliphatic carbocycles. The maximum Gasteiger partial charge on any atom is 0.350 e. The van der Waals surface area contributed by atoms with E-state index in [1.165, 1.54) is 5.56 Å². The molecule has 154 valence electrons. The van der Waals surface area contributed by atoms with Gasteiger partial charge >= 0.3 is 11.0 Å². The maximum absolute atomic E-state index is 8.49. The molecule has 2 heterocycles. The molecule has 1 saturated heterocycles. The van der Waals surface area contributed by atoms with Crippen LogP contribution in [0.5, 0.6) is 0 Å². The summed E-state index contributed by atoms with van der Waals surface area (Å²) in [5, 5.41) is 1.05. The third-order valence-corrected chi connectivity index (χ3v) is 5.23. The molecule has 1 aliphatic rings. The number of ether oxygens (including phenoxy) is 1. The molecular weight excluding hydrogens is 418 g/mol. The average molecular weight is 438 g/mol. The SMILES string of the molecule is Cc1ccc(-c2nc(N3CCOCC3)s[n+]2-c2ccccc2)cc1.[O-][Cl+3]([O-])([O-])[O-]. The lowest BCUT2D eigenvalue weighted by molar-refractivity contribution is -2.00. The summed E-state index contributed by atoms with van der Waals surface area (Å²) in [5.74, 6) is 0.993. The Morgan fingerprint density at radius 1 is 0.966 bits per heavy atom. The molecule has 8 nitrogen and oxygen atoms in total. The summed E-state index contributed by atoms with van der Waals surface area (Å²) in [6, 6.07) is 19.0. The number of halogens is 1. The van der Waals surface area contributed by atoms with E-state index < -0.39 is 10.2 Å². The Morgan fingerprint density at radius 2 is 1.55 bits per heavy atom. The topological polar surface area (TPSA) is 121 Å². The van der Waals surface area contributed by atoms with E-state index in [1.54, 1.807) is 11.5 Å².